The van der Waals surface area contributed by atoms with Gasteiger partial charge in [-0.15, -0.1) is 0 Å². The van der Waals surface area contributed by atoms with Crippen LogP contribution < -0.4 is 15.0 Å². The molecule has 124 valence electrons. The molecule has 1 atom stereocenters. The van der Waals surface area contributed by atoms with Gasteiger partial charge in [0.05, 0.1) is 19.2 Å². The van der Waals surface area contributed by atoms with Crippen LogP contribution in [0.25, 0.3) is 0 Å². The van der Waals surface area contributed by atoms with Crippen LogP contribution in [-0.2, 0) is 9.59 Å². The molecule has 0 aliphatic carbocycles. The van der Waals surface area contributed by atoms with Crippen LogP contribution in [0.2, 0.25) is 0 Å². The average molecular weight is 332 g/mol. The summed E-state index contributed by atoms with van der Waals surface area (Å²) in [6.45, 7) is 0. The summed E-state index contributed by atoms with van der Waals surface area (Å²) in [6.07, 6.45) is -0.0874. The van der Waals surface area contributed by atoms with Crippen LogP contribution in [-0.4, -0.2) is 25.0 Å². The van der Waals surface area contributed by atoms with Gasteiger partial charge in [0.2, 0.25) is 5.91 Å². The predicted octanol–water partition coefficient (Wildman–Crippen LogP) is 2.72. The fourth-order valence-corrected chi connectivity index (χ4v) is 2.60. The number of amides is 2. The Morgan fingerprint density at radius 2 is 1.88 bits per heavy atom. The van der Waals surface area contributed by atoms with Crippen LogP contribution in [0.3, 0.4) is 0 Å². The molecule has 0 saturated carbocycles. The van der Waals surface area contributed by atoms with Gasteiger partial charge in [-0.1, -0.05) is 12.1 Å². The Balaban J connectivity index is 1.85. The van der Waals surface area contributed by atoms with E-state index in [-0.39, 0.29) is 12.1 Å². The first-order chi connectivity index (χ1) is 11.5. The Bertz CT molecular complexity index is 810. The summed E-state index contributed by atoms with van der Waals surface area (Å²) < 4.78 is 31.4. The maximum Gasteiger partial charge on any atom is 0.256 e. The van der Waals surface area contributed by atoms with Crippen molar-refractivity contribution in [1.29, 1.82) is 0 Å². The molecule has 3 rings (SSSR count). The van der Waals surface area contributed by atoms with Gasteiger partial charge in [0.25, 0.3) is 5.91 Å². The number of halogens is 2. The number of para-hydroxylation sites is 2. The molecule has 1 aliphatic rings. The number of carbonyl (C=O) groups excluding carboxylic acids is 2. The lowest BCUT2D eigenvalue weighted by atomic mass is 10.2. The van der Waals surface area contributed by atoms with Gasteiger partial charge in [-0.25, -0.2) is 13.7 Å². The number of carbonyl (C=O) groups is 2. The van der Waals surface area contributed by atoms with E-state index in [9.17, 15) is 18.4 Å². The number of ether oxygens (including phenoxy) is 1. The average Bonchev–Trinajstić information content (AvgIpc) is 2.85. The van der Waals surface area contributed by atoms with Gasteiger partial charge in [-0.2, -0.15) is 0 Å². The number of hydrogen-bond acceptors (Lipinski definition) is 4. The monoisotopic (exact) mass is 332 g/mol. The van der Waals surface area contributed by atoms with Gasteiger partial charge >= 0.3 is 0 Å². The number of hydrogen-bond donors (Lipinski definition) is 1. The highest BCUT2D eigenvalue weighted by atomic mass is 19.2. The molecule has 5 nitrogen and oxygen atoms in total. The maximum atomic E-state index is 13.3. The smallest absolute Gasteiger partial charge is 0.256 e. The molecule has 1 heterocycles. The van der Waals surface area contributed by atoms with E-state index in [1.165, 1.54) is 13.2 Å². The molecule has 0 bridgehead atoms. The maximum absolute atomic E-state index is 13.3. The van der Waals surface area contributed by atoms with Crippen molar-refractivity contribution in [3.63, 3.8) is 0 Å². The number of nitrogens with zero attached hydrogens (tertiary/aromatic N) is 1. The van der Waals surface area contributed by atoms with E-state index in [1.54, 1.807) is 24.3 Å². The highest BCUT2D eigenvalue weighted by molar-refractivity contribution is 6.23. The number of methoxy groups -OCH3 is 1. The summed E-state index contributed by atoms with van der Waals surface area (Å²) in [5.74, 6) is -2.49. The third kappa shape index (κ3) is 2.80. The van der Waals surface area contributed by atoms with Crippen LogP contribution in [0.4, 0.5) is 20.2 Å². The van der Waals surface area contributed by atoms with E-state index in [1.807, 2.05) is 0 Å². The summed E-state index contributed by atoms with van der Waals surface area (Å²) in [6, 6.07) is 9.02. The molecule has 0 unspecified atom stereocenters. The molecule has 0 radical (unpaired) electrons. The number of anilines is 2. The summed E-state index contributed by atoms with van der Waals surface area (Å²) >= 11 is 0. The zero-order valence-electron chi connectivity index (χ0n) is 12.8. The van der Waals surface area contributed by atoms with E-state index >= 15 is 0 Å². The summed E-state index contributed by atoms with van der Waals surface area (Å²) in [7, 11) is 1.45. The Morgan fingerprint density at radius 1 is 1.12 bits per heavy atom. The van der Waals surface area contributed by atoms with Crippen molar-refractivity contribution in [2.45, 2.75) is 12.5 Å². The lowest BCUT2D eigenvalue weighted by molar-refractivity contribution is -0.121. The third-order valence-electron chi connectivity index (χ3n) is 3.73. The summed E-state index contributed by atoms with van der Waals surface area (Å²) in [5.41, 5.74) is 0.575. The Hall–Kier alpha value is -2.96. The van der Waals surface area contributed by atoms with Crippen molar-refractivity contribution < 1.29 is 23.1 Å². The number of imide groups is 1. The van der Waals surface area contributed by atoms with Crippen molar-refractivity contribution in [3.05, 3.63) is 54.1 Å². The van der Waals surface area contributed by atoms with Crippen LogP contribution in [0, 0.1) is 11.6 Å². The largest absolute Gasteiger partial charge is 0.495 e. The Morgan fingerprint density at radius 3 is 2.58 bits per heavy atom. The van der Waals surface area contributed by atoms with E-state index in [2.05, 4.69) is 5.32 Å². The fraction of sp³-hybridized carbons (Fsp3) is 0.176. The molecule has 1 saturated heterocycles. The van der Waals surface area contributed by atoms with Crippen LogP contribution >= 0.6 is 0 Å². The highest BCUT2D eigenvalue weighted by Crippen LogP contribution is 2.32. The van der Waals surface area contributed by atoms with Gasteiger partial charge in [0, 0.05) is 11.8 Å². The minimum atomic E-state index is -1.03. The zero-order chi connectivity index (χ0) is 17.3. The highest BCUT2D eigenvalue weighted by Gasteiger charge is 2.40. The minimum absolute atomic E-state index is 0.0874. The lowest BCUT2D eigenvalue weighted by Gasteiger charge is -2.18. The van der Waals surface area contributed by atoms with Gasteiger partial charge in [-0.3, -0.25) is 9.59 Å². The van der Waals surface area contributed by atoms with Crippen molar-refractivity contribution in [2.75, 3.05) is 17.3 Å². The molecule has 1 aliphatic heterocycles. The van der Waals surface area contributed by atoms with Crippen molar-refractivity contribution in [3.8, 4) is 5.75 Å². The molecule has 0 spiro atoms. The normalized spacial score (nSPS) is 17.3. The van der Waals surface area contributed by atoms with E-state index in [0.717, 1.165) is 17.0 Å². The molecule has 0 aromatic heterocycles. The summed E-state index contributed by atoms with van der Waals surface area (Å²) in [4.78, 5) is 25.8. The molecule has 2 aromatic rings. The van der Waals surface area contributed by atoms with Gasteiger partial charge in [0.15, 0.2) is 11.6 Å². The SMILES string of the molecule is COc1ccccc1N1C(=O)C[C@H](Nc2ccc(F)c(F)c2)C1=O. The zero-order valence-corrected chi connectivity index (χ0v) is 12.8. The molecule has 2 amide bonds. The van der Waals surface area contributed by atoms with Crippen LogP contribution in [0.15, 0.2) is 42.5 Å². The second-order valence-corrected chi connectivity index (χ2v) is 5.27. The van der Waals surface area contributed by atoms with Gasteiger partial charge < -0.3 is 10.1 Å². The van der Waals surface area contributed by atoms with Gasteiger partial charge in [0.1, 0.15) is 11.8 Å². The molecule has 2 aromatic carbocycles. The number of nitrogens with one attached hydrogen (secondary N) is 1. The predicted molar refractivity (Wildman–Crippen MR) is 83.9 cm³/mol. The van der Waals surface area contributed by atoms with Crippen molar-refractivity contribution in [1.82, 2.24) is 0 Å². The summed E-state index contributed by atoms with van der Waals surface area (Å²) in [5, 5.41) is 2.77. The standard InChI is InChI=1S/C17H14F2N2O3/c1-24-15-5-3-2-4-14(15)21-16(22)9-13(17(21)23)20-10-6-7-11(18)12(19)8-10/h2-8,13,20H,9H2,1H3/t13-/m0/s1. The molecular weight excluding hydrogens is 318 g/mol. The molecule has 1 fully saturated rings. The van der Waals surface area contributed by atoms with Crippen molar-refractivity contribution in [2.24, 2.45) is 0 Å². The number of benzene rings is 2. The Kier molecular flexibility index (Phi) is 4.16. The van der Waals surface area contributed by atoms with E-state index < -0.39 is 29.5 Å². The first-order valence-electron chi connectivity index (χ1n) is 7.22. The molecule has 7 heteroatoms. The van der Waals surface area contributed by atoms with E-state index in [0.29, 0.717) is 11.4 Å². The van der Waals surface area contributed by atoms with Gasteiger partial charge in [-0.05, 0) is 24.3 Å². The number of rotatable bonds is 4. The topological polar surface area (TPSA) is 58.6 Å². The van der Waals surface area contributed by atoms with E-state index in [4.69, 9.17) is 4.74 Å². The first kappa shape index (κ1) is 15.9. The van der Waals surface area contributed by atoms with Crippen LogP contribution in [0.5, 0.6) is 5.75 Å². The lowest BCUT2D eigenvalue weighted by Crippen LogP contribution is -2.35. The molecular formula is C17H14F2N2O3. The minimum Gasteiger partial charge on any atom is -0.495 e. The van der Waals surface area contributed by atoms with Crippen molar-refractivity contribution >= 4 is 23.2 Å². The second-order valence-electron chi connectivity index (χ2n) is 5.27. The van der Waals surface area contributed by atoms with Crippen LogP contribution in [0.1, 0.15) is 6.42 Å². The fourth-order valence-electron chi connectivity index (χ4n) is 2.60. The third-order valence-corrected chi connectivity index (χ3v) is 3.73. The quantitative estimate of drug-likeness (QED) is 0.875. The second kappa shape index (κ2) is 6.27. The molecule has 24 heavy (non-hydrogen) atoms. The first-order valence-corrected chi connectivity index (χ1v) is 7.22. The Labute approximate surface area is 136 Å². The molecule has 1 N–H and O–H groups in total.